The number of ether oxygens (including phenoxy) is 8. The molecule has 0 fully saturated rings. The third-order valence-corrected chi connectivity index (χ3v) is 22.4. The van der Waals surface area contributed by atoms with Crippen molar-refractivity contribution in [2.75, 3.05) is 0 Å². The first-order valence-corrected chi connectivity index (χ1v) is 37.5. The second-order valence-electron chi connectivity index (χ2n) is 26.5. The molecule has 12 aromatic carbocycles. The number of benzene rings is 12. The van der Waals surface area contributed by atoms with Crippen molar-refractivity contribution in [3.05, 3.63) is 374 Å². The van der Waals surface area contributed by atoms with Crippen LogP contribution in [0.15, 0.2) is 285 Å². The minimum Gasteiger partial charge on any atom is -0.450 e. The monoisotopic (exact) mass is 1570 g/mol. The van der Waals surface area contributed by atoms with Crippen molar-refractivity contribution < 1.29 is 37.9 Å². The van der Waals surface area contributed by atoms with Gasteiger partial charge in [0.2, 0.25) is 0 Å². The highest BCUT2D eigenvalue weighted by Gasteiger charge is 2.42. The lowest BCUT2D eigenvalue weighted by atomic mass is 9.75. The molecule has 100 heavy (non-hydrogen) atoms. The number of rotatable bonds is 16. The fraction of sp³-hybridized carbons (Fsp3) is 0.182. The topological polar surface area (TPSA) is 73.8 Å². The van der Waals surface area contributed by atoms with Gasteiger partial charge in [0.05, 0.1) is 0 Å². The second-order valence-corrected chi connectivity index (χ2v) is 30.2. The van der Waals surface area contributed by atoms with E-state index in [1.54, 1.807) is 0 Å². The van der Waals surface area contributed by atoms with Gasteiger partial charge in [-0.2, -0.15) is 0 Å². The van der Waals surface area contributed by atoms with E-state index in [9.17, 15) is 0 Å². The molecule has 17 rings (SSSR count). The molecule has 496 valence electrons. The van der Waals surface area contributed by atoms with Gasteiger partial charge in [-0.1, -0.05) is 234 Å². The molecule has 4 aliphatic heterocycles. The van der Waals surface area contributed by atoms with Crippen LogP contribution in [-0.2, 0) is 25.7 Å². The van der Waals surface area contributed by atoms with Crippen molar-refractivity contribution in [2.45, 2.75) is 100 Å². The molecule has 12 aromatic rings. The normalized spacial score (nSPS) is 19.6. The van der Waals surface area contributed by atoms with Crippen LogP contribution in [0, 0.1) is 0 Å². The summed E-state index contributed by atoms with van der Waals surface area (Å²) in [7, 11) is 0. The Labute approximate surface area is 616 Å². The zero-order valence-corrected chi connectivity index (χ0v) is 60.8. The first-order chi connectivity index (χ1) is 49.1. The van der Waals surface area contributed by atoms with Crippen molar-refractivity contribution in [1.82, 2.24) is 0 Å². The second kappa shape index (κ2) is 28.2. The van der Waals surface area contributed by atoms with Gasteiger partial charge in [0.25, 0.3) is 25.2 Å². The van der Waals surface area contributed by atoms with E-state index in [1.807, 2.05) is 48.5 Å². The highest BCUT2D eigenvalue weighted by atomic mass is 79.9. The maximum atomic E-state index is 7.62. The molecule has 0 unspecified atom stereocenters. The molecule has 4 heterocycles. The summed E-state index contributed by atoms with van der Waals surface area (Å²) in [6.07, 6.45) is 2.06. The van der Waals surface area contributed by atoms with E-state index in [0.29, 0.717) is 71.7 Å². The summed E-state index contributed by atoms with van der Waals surface area (Å²) in [5, 5.41) is 0. The maximum Gasteiger partial charge on any atom is 0.267 e. The minimum atomic E-state index is -0.938. The first-order valence-electron chi connectivity index (χ1n) is 34.3. The molecule has 8 nitrogen and oxygen atoms in total. The van der Waals surface area contributed by atoms with Crippen LogP contribution in [0.3, 0.4) is 0 Å². The summed E-state index contributed by atoms with van der Waals surface area (Å²) >= 11 is 15.0. The fourth-order valence-electron chi connectivity index (χ4n) is 15.2. The minimum absolute atomic E-state index is 0.308. The average molecular weight is 1570 g/mol. The third-order valence-electron chi connectivity index (χ3n) is 20.3. The van der Waals surface area contributed by atoms with Gasteiger partial charge in [0, 0.05) is 133 Å². The molecule has 5 aliphatic rings. The van der Waals surface area contributed by atoms with Gasteiger partial charge in [-0.25, -0.2) is 0 Å². The Bertz CT molecular complexity index is 4180. The molecule has 0 saturated carbocycles. The third kappa shape index (κ3) is 13.4. The van der Waals surface area contributed by atoms with Crippen LogP contribution in [0.5, 0.6) is 46.0 Å². The average Bonchev–Trinajstić information content (AvgIpc) is 0.733. The Balaban J connectivity index is 1.01. The molecule has 0 radical (unpaired) electrons. The van der Waals surface area contributed by atoms with Crippen LogP contribution < -0.4 is 37.9 Å². The molecule has 0 saturated heterocycles. The predicted molar refractivity (Wildman–Crippen MR) is 405 cm³/mol. The molecule has 0 aromatic heterocycles. The van der Waals surface area contributed by atoms with Gasteiger partial charge < -0.3 is 37.9 Å². The van der Waals surface area contributed by atoms with Crippen molar-refractivity contribution in [1.29, 1.82) is 0 Å². The van der Waals surface area contributed by atoms with Gasteiger partial charge >= 0.3 is 0 Å². The van der Waals surface area contributed by atoms with E-state index in [0.717, 1.165) is 110 Å². The summed E-state index contributed by atoms with van der Waals surface area (Å²) in [6, 6.07) is 94.3. The number of hydrogen-bond donors (Lipinski definition) is 0. The Morgan fingerprint density at radius 2 is 0.370 bits per heavy atom. The summed E-state index contributed by atoms with van der Waals surface area (Å²) in [5.41, 5.74) is 16.3. The van der Waals surface area contributed by atoms with Gasteiger partial charge in [-0.05, 0) is 146 Å². The summed E-state index contributed by atoms with van der Waals surface area (Å²) in [5.74, 6) is 3.95. The lowest BCUT2D eigenvalue weighted by Gasteiger charge is -2.38. The van der Waals surface area contributed by atoms with Gasteiger partial charge in [0.1, 0.15) is 46.0 Å². The van der Waals surface area contributed by atoms with Crippen LogP contribution >= 0.6 is 63.7 Å². The first kappa shape index (κ1) is 64.3. The Hall–Kier alpha value is -9.04. The SMILES string of the molecule is Brc1ccc(C2Oc3cc4c5cc3C(CCc3ccccc3)c3cc6c(cc3O2)OC(c2ccc(Br)cc2)Oc2cc3c(cc2C6CCc2ccccc2)C(CCc2ccccc2)c2cc(c(cc2OC(c2ccc(Br)cc2)O3)OC(c2ccc(Br)cc2)O4)C5CCc2ccccc2)cc1. The molecule has 8 bridgehead atoms. The van der Waals surface area contributed by atoms with E-state index in [1.165, 1.54) is 22.3 Å². The Kier molecular flexibility index (Phi) is 18.1. The largest absolute Gasteiger partial charge is 0.450 e. The van der Waals surface area contributed by atoms with Crippen molar-refractivity contribution in [3.63, 3.8) is 0 Å². The van der Waals surface area contributed by atoms with E-state index in [-0.39, 0.29) is 23.7 Å². The zero-order valence-electron chi connectivity index (χ0n) is 54.5. The van der Waals surface area contributed by atoms with E-state index < -0.39 is 25.2 Å². The zero-order chi connectivity index (χ0) is 67.2. The van der Waals surface area contributed by atoms with Crippen LogP contribution in [0.4, 0.5) is 0 Å². The number of aryl methyl sites for hydroxylation is 4. The van der Waals surface area contributed by atoms with Gasteiger partial charge in [-0.3, -0.25) is 0 Å². The summed E-state index contributed by atoms with van der Waals surface area (Å²) in [4.78, 5) is 0. The van der Waals surface area contributed by atoms with E-state index in [4.69, 9.17) is 37.9 Å². The van der Waals surface area contributed by atoms with Crippen molar-refractivity contribution in [3.8, 4) is 46.0 Å². The summed E-state index contributed by atoms with van der Waals surface area (Å²) < 4.78 is 64.7. The predicted octanol–water partition coefficient (Wildman–Crippen LogP) is 24.0. The highest BCUT2D eigenvalue weighted by Crippen LogP contribution is 2.58. The van der Waals surface area contributed by atoms with Crippen LogP contribution in [0.1, 0.15) is 164 Å². The molecule has 0 spiro atoms. The number of hydrogen-bond acceptors (Lipinski definition) is 8. The van der Waals surface area contributed by atoms with Crippen molar-refractivity contribution >= 4 is 63.7 Å². The smallest absolute Gasteiger partial charge is 0.267 e. The molecule has 0 atom stereocenters. The quantitative estimate of drug-likeness (QED) is 0.0947. The fourth-order valence-corrected chi connectivity index (χ4v) is 16.2. The Morgan fingerprint density at radius 3 is 0.540 bits per heavy atom. The molecule has 0 N–H and O–H groups in total. The number of halogens is 4. The van der Waals surface area contributed by atoms with Crippen molar-refractivity contribution in [2.24, 2.45) is 0 Å². The van der Waals surface area contributed by atoms with Gasteiger partial charge in [-0.15, -0.1) is 0 Å². The van der Waals surface area contributed by atoms with E-state index in [2.05, 4.69) is 282 Å². The molecular formula is C88H68Br4O8. The van der Waals surface area contributed by atoms with Crippen LogP contribution in [0.25, 0.3) is 0 Å². The highest BCUT2D eigenvalue weighted by molar-refractivity contribution is 9.11. The molecule has 0 amide bonds. The van der Waals surface area contributed by atoms with E-state index >= 15 is 0 Å². The molecular weight excluding hydrogens is 1500 g/mol. The lowest BCUT2D eigenvalue weighted by molar-refractivity contribution is -0.0120. The molecule has 1 aliphatic carbocycles. The molecule has 12 heteroatoms. The van der Waals surface area contributed by atoms with Gasteiger partial charge in [0.15, 0.2) is 0 Å². The lowest BCUT2D eigenvalue weighted by Crippen LogP contribution is -2.26. The Morgan fingerprint density at radius 1 is 0.200 bits per heavy atom. The maximum absolute atomic E-state index is 7.62. The standard InChI is InChI=1S/C88H68Br4O8/c89-61-33-25-57(26-34-61)85-93-77-49-79-71-45-69(77)65(41-21-53-13-5-1-6-14-53)70-46-72-67(43-23-55-17-9-3-10-18-55)74-48-76-68(44-24-56-19-11-4-12-20-56)75-47-73(66(71)42-22-54-15-7-2-8-16-54)81(97-86(95-79)58-27-35-62(90)36-28-58)51-83(75)99-88(60-31-39-64(92)40-32-60)100-84(76)52-82(74)98-87(59-29-37-63(91)38-30-59)96-80(72)50-78(70)94-85/h1-20,25-40,45-52,65-68,85-88H,21-24,41-44H2. The van der Waals surface area contributed by atoms with Crippen LogP contribution in [0.2, 0.25) is 0 Å². The van der Waals surface area contributed by atoms with Crippen LogP contribution in [-0.4, -0.2) is 0 Å². The summed E-state index contributed by atoms with van der Waals surface area (Å²) in [6.45, 7) is 0.